The number of rotatable bonds is 6. The summed E-state index contributed by atoms with van der Waals surface area (Å²) in [6.45, 7) is 13.7. The molecule has 0 unspecified atom stereocenters. The summed E-state index contributed by atoms with van der Waals surface area (Å²) in [4.78, 5) is 64.6. The van der Waals surface area contributed by atoms with E-state index in [0.29, 0.717) is 74.7 Å². The lowest BCUT2D eigenvalue weighted by atomic mass is 9.87. The van der Waals surface area contributed by atoms with E-state index in [1.807, 2.05) is 21.9 Å². The molecule has 1 aromatic heterocycles. The third-order valence-electron chi connectivity index (χ3n) is 13.8. The summed E-state index contributed by atoms with van der Waals surface area (Å²) < 4.78 is 28.4. The third-order valence-corrected chi connectivity index (χ3v) is 13.8. The van der Waals surface area contributed by atoms with Gasteiger partial charge in [-0.3, -0.25) is 24.6 Å². The lowest BCUT2D eigenvalue weighted by Gasteiger charge is -2.56. The van der Waals surface area contributed by atoms with Crippen LogP contribution in [0.15, 0.2) is 36.4 Å². The summed E-state index contributed by atoms with van der Waals surface area (Å²) in [7, 11) is 0. The second-order valence-corrected chi connectivity index (χ2v) is 17.9. The number of aromatic nitrogens is 2. The van der Waals surface area contributed by atoms with Crippen molar-refractivity contribution in [2.45, 2.75) is 76.5 Å². The Bertz CT molecular complexity index is 2250. The van der Waals surface area contributed by atoms with Gasteiger partial charge in [0, 0.05) is 101 Å². The van der Waals surface area contributed by atoms with Crippen molar-refractivity contribution in [3.8, 4) is 17.0 Å². The molecule has 17 heteroatoms. The van der Waals surface area contributed by atoms with Crippen molar-refractivity contribution in [3.05, 3.63) is 59.2 Å². The Morgan fingerprint density at radius 1 is 0.933 bits per heavy atom. The smallest absolute Gasteiger partial charge is 0.320 e. The Hall–Kier alpha value is -5.58. The number of nitrogens with zero attached hydrogens (tertiary/aromatic N) is 8. The molecule has 5 amide bonds. The molecule has 4 saturated heterocycles. The maximum absolute atomic E-state index is 14.4. The van der Waals surface area contributed by atoms with E-state index in [2.05, 4.69) is 62.4 Å². The van der Waals surface area contributed by atoms with Crippen molar-refractivity contribution in [2.75, 3.05) is 80.6 Å². The van der Waals surface area contributed by atoms with Crippen molar-refractivity contribution in [1.82, 2.24) is 35.1 Å². The van der Waals surface area contributed by atoms with Crippen LogP contribution in [-0.2, 0) is 16.1 Å². The van der Waals surface area contributed by atoms with E-state index in [4.69, 9.17) is 0 Å². The van der Waals surface area contributed by atoms with Crippen LogP contribution < -0.4 is 20.4 Å². The van der Waals surface area contributed by atoms with Crippen LogP contribution in [0.25, 0.3) is 11.3 Å². The first-order valence-electron chi connectivity index (χ1n) is 21.1. The number of phenols is 1. The number of carbonyl (C=O) groups excluding carboxylic acids is 4. The van der Waals surface area contributed by atoms with Crippen LogP contribution >= 0.6 is 0 Å². The fourth-order valence-corrected chi connectivity index (χ4v) is 10.4. The quantitative estimate of drug-likeness (QED) is 0.309. The molecule has 4 fully saturated rings. The number of hydrogen-bond acceptors (Lipinski definition) is 11. The van der Waals surface area contributed by atoms with Crippen molar-refractivity contribution >= 4 is 40.9 Å². The monoisotopic (exact) mass is 826 g/mol. The molecule has 15 nitrogen and oxygen atoms in total. The number of piperazine rings is 2. The van der Waals surface area contributed by atoms with Gasteiger partial charge in [0.1, 0.15) is 11.9 Å². The van der Waals surface area contributed by atoms with Crippen LogP contribution in [0.3, 0.4) is 0 Å². The minimum absolute atomic E-state index is 0.0213. The largest absolute Gasteiger partial charge is 0.504 e. The number of piperidine rings is 2. The van der Waals surface area contributed by atoms with Gasteiger partial charge in [-0.15, -0.1) is 10.2 Å². The molecule has 318 valence electrons. The van der Waals surface area contributed by atoms with Gasteiger partial charge < -0.3 is 34.9 Å². The van der Waals surface area contributed by atoms with Crippen molar-refractivity contribution < 1.29 is 33.1 Å². The molecule has 2 aromatic carbocycles. The highest BCUT2D eigenvalue weighted by Crippen LogP contribution is 2.42. The number of halogens is 2. The average molecular weight is 827 g/mol. The van der Waals surface area contributed by atoms with Gasteiger partial charge in [0.25, 0.3) is 5.91 Å². The molecule has 3 aromatic rings. The van der Waals surface area contributed by atoms with E-state index >= 15 is 0 Å². The van der Waals surface area contributed by atoms with Crippen LogP contribution in [0.1, 0.15) is 68.8 Å². The SMILES string of the molecule is CC[C@@]12CNc3nnc(-c4cc(F)cc(F)c4O)cc3N1CCN(C(=O)N1CCN(CC3CCN(c4ccc5c(c4)C(=O)N([C@@H]4CCC(=O)NC4=O)C5)CC3)CC1(C)C)C2. The van der Waals surface area contributed by atoms with Crippen LogP contribution in [0.2, 0.25) is 0 Å². The van der Waals surface area contributed by atoms with Gasteiger partial charge >= 0.3 is 6.03 Å². The summed E-state index contributed by atoms with van der Waals surface area (Å²) in [6, 6.07) is 8.79. The van der Waals surface area contributed by atoms with Gasteiger partial charge in [-0.2, -0.15) is 0 Å². The second kappa shape index (κ2) is 15.2. The summed E-state index contributed by atoms with van der Waals surface area (Å²) in [6.07, 6.45) is 3.33. The molecule has 7 heterocycles. The number of nitrogens with one attached hydrogen (secondary N) is 2. The number of phenolic OH excluding ortho intramolecular Hbond substituents is 1. The van der Waals surface area contributed by atoms with Gasteiger partial charge in [-0.05, 0) is 75.3 Å². The Morgan fingerprint density at radius 2 is 1.73 bits per heavy atom. The number of hydrogen-bond donors (Lipinski definition) is 3. The molecule has 9 rings (SSSR count). The fraction of sp³-hybridized carbons (Fsp3) is 0.535. The number of anilines is 3. The van der Waals surface area contributed by atoms with Crippen LogP contribution in [0, 0.1) is 17.6 Å². The molecule has 3 N–H and O–H groups in total. The van der Waals surface area contributed by atoms with Crippen LogP contribution in [0.4, 0.5) is 30.8 Å². The van der Waals surface area contributed by atoms with E-state index in [1.54, 1.807) is 11.0 Å². The summed E-state index contributed by atoms with van der Waals surface area (Å²) in [5.41, 5.74) is 2.49. The molecule has 0 aliphatic carbocycles. The Morgan fingerprint density at radius 3 is 2.48 bits per heavy atom. The number of urea groups is 1. The molecule has 0 radical (unpaired) electrons. The van der Waals surface area contributed by atoms with E-state index in [1.165, 1.54) is 0 Å². The minimum atomic E-state index is -1.07. The van der Waals surface area contributed by atoms with Crippen molar-refractivity contribution in [3.63, 3.8) is 0 Å². The standard InChI is InChI=1S/C43H52F2N10O5/c1-4-43-23-46-38-35(20-33(48-49-38)31-17-28(44)18-32(45)37(31)57)54(43)16-14-52(25-43)41(60)55-15-13-50(24-42(55,2)3)21-26-9-11-51(12-10-26)29-6-5-27-22-53(40(59)30(27)19-29)34-7-8-36(56)47-39(34)58/h5-6,17-20,26,34,57H,4,7-16,21-25H2,1-3H3,(H,46,49)(H,47,56,58)/t34-,43+/m1/s1. The number of amides is 5. The first kappa shape index (κ1) is 39.9. The third kappa shape index (κ3) is 7.03. The lowest BCUT2D eigenvalue weighted by Crippen LogP contribution is -2.71. The molecule has 0 bridgehead atoms. The number of aromatic hydroxyl groups is 1. The Balaban J connectivity index is 0.796. The second-order valence-electron chi connectivity index (χ2n) is 17.9. The molecular weight excluding hydrogens is 775 g/mol. The van der Waals surface area contributed by atoms with Crippen LogP contribution in [-0.4, -0.2) is 141 Å². The zero-order valence-electron chi connectivity index (χ0n) is 34.3. The molecule has 6 aliphatic rings. The first-order chi connectivity index (χ1) is 28.7. The number of imide groups is 1. The lowest BCUT2D eigenvalue weighted by molar-refractivity contribution is -0.136. The average Bonchev–Trinajstić information content (AvgIpc) is 3.56. The molecule has 2 atom stereocenters. The Labute approximate surface area is 347 Å². The highest BCUT2D eigenvalue weighted by molar-refractivity contribution is 6.05. The molecule has 6 aliphatic heterocycles. The topological polar surface area (TPSA) is 158 Å². The van der Waals surface area contributed by atoms with Gasteiger partial charge in [0.2, 0.25) is 11.8 Å². The summed E-state index contributed by atoms with van der Waals surface area (Å²) >= 11 is 0. The minimum Gasteiger partial charge on any atom is -0.504 e. The van der Waals surface area contributed by atoms with E-state index in [0.717, 1.165) is 69.3 Å². The van der Waals surface area contributed by atoms with Gasteiger partial charge in [0.15, 0.2) is 17.4 Å². The van der Waals surface area contributed by atoms with Gasteiger partial charge in [-0.25, -0.2) is 13.6 Å². The number of carbonyl (C=O) groups is 4. The summed E-state index contributed by atoms with van der Waals surface area (Å²) in [5.74, 6) is -2.39. The highest BCUT2D eigenvalue weighted by atomic mass is 19.1. The molecular formula is C43H52F2N10O5. The van der Waals surface area contributed by atoms with E-state index < -0.39 is 40.4 Å². The van der Waals surface area contributed by atoms with Crippen molar-refractivity contribution in [1.29, 1.82) is 0 Å². The normalized spacial score (nSPS) is 24.5. The van der Waals surface area contributed by atoms with Crippen molar-refractivity contribution in [2.24, 2.45) is 5.92 Å². The Kier molecular flexibility index (Phi) is 10.1. The van der Waals surface area contributed by atoms with E-state index in [-0.39, 0.29) is 35.5 Å². The molecule has 60 heavy (non-hydrogen) atoms. The predicted octanol–water partition coefficient (Wildman–Crippen LogP) is 4.02. The first-order valence-corrected chi connectivity index (χ1v) is 21.1. The number of benzene rings is 2. The van der Waals surface area contributed by atoms with E-state index in [9.17, 15) is 33.1 Å². The predicted molar refractivity (Wildman–Crippen MR) is 220 cm³/mol. The zero-order valence-corrected chi connectivity index (χ0v) is 34.3. The maximum atomic E-state index is 14.4. The molecule has 0 saturated carbocycles. The van der Waals surface area contributed by atoms with Gasteiger partial charge in [0.05, 0.1) is 22.5 Å². The fourth-order valence-electron chi connectivity index (χ4n) is 10.4. The van der Waals surface area contributed by atoms with Crippen LogP contribution in [0.5, 0.6) is 5.75 Å². The maximum Gasteiger partial charge on any atom is 0.320 e. The zero-order chi connectivity index (χ0) is 42.1. The molecule has 0 spiro atoms. The number of fused-ring (bicyclic) bond motifs is 4. The van der Waals surface area contributed by atoms with Gasteiger partial charge in [-0.1, -0.05) is 13.0 Å². The highest BCUT2D eigenvalue weighted by Gasteiger charge is 2.48. The summed E-state index contributed by atoms with van der Waals surface area (Å²) in [5, 5.41) is 24.6.